The molecular formula is C22H35BrClN3O2S. The van der Waals surface area contributed by atoms with Gasteiger partial charge in [0.1, 0.15) is 0 Å². The van der Waals surface area contributed by atoms with Gasteiger partial charge < -0.3 is 4.90 Å². The Morgan fingerprint density at radius 2 is 1.80 bits per heavy atom. The molecule has 2 fully saturated rings. The lowest BCUT2D eigenvalue weighted by molar-refractivity contribution is 0.175. The lowest BCUT2D eigenvalue weighted by Crippen LogP contribution is -2.42. The number of halogens is 2. The second kappa shape index (κ2) is 11.6. The molecule has 1 saturated carbocycles. The number of rotatable bonds is 9. The van der Waals surface area contributed by atoms with Crippen molar-refractivity contribution < 1.29 is 8.42 Å². The molecule has 1 aliphatic carbocycles. The van der Waals surface area contributed by atoms with Crippen molar-refractivity contribution in [2.45, 2.75) is 63.8 Å². The van der Waals surface area contributed by atoms with Gasteiger partial charge in [0.05, 0.1) is 0 Å². The van der Waals surface area contributed by atoms with Gasteiger partial charge in [-0.25, -0.2) is 4.72 Å². The number of nitrogens with zero attached hydrogens (tertiary/aromatic N) is 1. The Bertz CT molecular complexity index is 777. The third-order valence-electron chi connectivity index (χ3n) is 6.75. The van der Waals surface area contributed by atoms with Crippen molar-refractivity contribution in [1.29, 1.82) is 0 Å². The van der Waals surface area contributed by atoms with Gasteiger partial charge in [-0.1, -0.05) is 27.5 Å². The van der Waals surface area contributed by atoms with Crippen molar-refractivity contribution in [3.63, 3.8) is 0 Å². The van der Waals surface area contributed by atoms with Gasteiger partial charge in [0.25, 0.3) is 10.2 Å². The molecule has 1 aromatic carbocycles. The number of nitrogens with one attached hydrogen (secondary N) is 2. The largest absolute Gasteiger partial charge is 0.303 e. The number of piperidine rings is 1. The fourth-order valence-electron chi connectivity index (χ4n) is 4.88. The highest BCUT2D eigenvalue weighted by Crippen LogP contribution is 2.30. The molecule has 8 heteroatoms. The normalized spacial score (nSPS) is 24.2. The first-order valence-electron chi connectivity index (χ1n) is 11.2. The van der Waals surface area contributed by atoms with Crippen LogP contribution in [0.2, 0.25) is 5.02 Å². The third-order valence-corrected chi connectivity index (χ3v) is 8.94. The van der Waals surface area contributed by atoms with Crippen LogP contribution in [0.25, 0.3) is 0 Å². The van der Waals surface area contributed by atoms with Crippen LogP contribution < -0.4 is 9.44 Å². The molecule has 0 spiro atoms. The van der Waals surface area contributed by atoms with E-state index in [1.807, 2.05) is 6.07 Å². The summed E-state index contributed by atoms with van der Waals surface area (Å²) in [5.74, 6) is 1.49. The zero-order valence-electron chi connectivity index (χ0n) is 17.9. The maximum atomic E-state index is 11.6. The van der Waals surface area contributed by atoms with E-state index in [-0.39, 0.29) is 6.04 Å². The van der Waals surface area contributed by atoms with Gasteiger partial charge in [-0.05, 0) is 113 Å². The molecular weight excluding hydrogens is 486 g/mol. The summed E-state index contributed by atoms with van der Waals surface area (Å²) >= 11 is 9.82. The molecule has 2 N–H and O–H groups in total. The van der Waals surface area contributed by atoms with Crippen LogP contribution in [0.5, 0.6) is 0 Å². The average Bonchev–Trinajstić information content (AvgIpc) is 2.73. The first-order valence-corrected chi connectivity index (χ1v) is 13.9. The van der Waals surface area contributed by atoms with E-state index in [4.69, 9.17) is 11.6 Å². The van der Waals surface area contributed by atoms with E-state index in [0.29, 0.717) is 0 Å². The molecule has 2 aliphatic rings. The highest BCUT2D eigenvalue weighted by Gasteiger charge is 2.25. The van der Waals surface area contributed by atoms with E-state index in [1.54, 1.807) is 0 Å². The summed E-state index contributed by atoms with van der Waals surface area (Å²) in [6, 6.07) is 6.18. The summed E-state index contributed by atoms with van der Waals surface area (Å²) in [4.78, 5) is 2.62. The SMILES string of the molecule is CNS(=O)(=O)N[C@H]1CC[C@H](CCCN2CCC(Cc3cc(Cl)ccc3Br)CC2)CC1. The first kappa shape index (κ1) is 24.5. The summed E-state index contributed by atoms with van der Waals surface area (Å²) in [5.41, 5.74) is 1.33. The molecule has 0 unspecified atom stereocenters. The predicted molar refractivity (Wildman–Crippen MR) is 128 cm³/mol. The van der Waals surface area contributed by atoms with Crippen LogP contribution in [0, 0.1) is 11.8 Å². The van der Waals surface area contributed by atoms with Crippen LogP contribution in [0.4, 0.5) is 0 Å². The van der Waals surface area contributed by atoms with Gasteiger partial charge >= 0.3 is 0 Å². The molecule has 3 rings (SSSR count). The molecule has 0 atom stereocenters. The monoisotopic (exact) mass is 519 g/mol. The molecule has 1 heterocycles. The molecule has 0 bridgehead atoms. The topological polar surface area (TPSA) is 61.4 Å². The minimum atomic E-state index is -3.31. The molecule has 1 aliphatic heterocycles. The lowest BCUT2D eigenvalue weighted by Gasteiger charge is -2.33. The van der Waals surface area contributed by atoms with Gasteiger partial charge in [0, 0.05) is 22.6 Å². The van der Waals surface area contributed by atoms with Crippen LogP contribution in [0.15, 0.2) is 22.7 Å². The van der Waals surface area contributed by atoms with E-state index >= 15 is 0 Å². The van der Waals surface area contributed by atoms with Gasteiger partial charge in [0.15, 0.2) is 0 Å². The summed E-state index contributed by atoms with van der Waals surface area (Å²) < 4.78 is 29.5. The molecule has 170 valence electrons. The van der Waals surface area contributed by atoms with Crippen molar-refractivity contribution in [3.05, 3.63) is 33.3 Å². The second-order valence-corrected chi connectivity index (χ2v) is 11.9. The highest BCUT2D eigenvalue weighted by molar-refractivity contribution is 9.10. The molecule has 0 aromatic heterocycles. The van der Waals surface area contributed by atoms with E-state index in [2.05, 4.69) is 42.4 Å². The minimum Gasteiger partial charge on any atom is -0.303 e. The highest BCUT2D eigenvalue weighted by atomic mass is 79.9. The second-order valence-electron chi connectivity index (χ2n) is 8.91. The molecule has 0 radical (unpaired) electrons. The molecule has 0 amide bonds. The Morgan fingerprint density at radius 3 is 2.47 bits per heavy atom. The van der Waals surface area contributed by atoms with Crippen LogP contribution >= 0.6 is 27.5 Å². The van der Waals surface area contributed by atoms with Crippen molar-refractivity contribution in [3.8, 4) is 0 Å². The van der Waals surface area contributed by atoms with Crippen molar-refractivity contribution in [2.24, 2.45) is 11.8 Å². The van der Waals surface area contributed by atoms with Gasteiger partial charge in [-0.3, -0.25) is 0 Å². The van der Waals surface area contributed by atoms with E-state index < -0.39 is 10.2 Å². The zero-order valence-corrected chi connectivity index (χ0v) is 21.0. The molecule has 5 nitrogen and oxygen atoms in total. The van der Waals surface area contributed by atoms with Crippen LogP contribution in [-0.4, -0.2) is 46.0 Å². The lowest BCUT2D eigenvalue weighted by atomic mass is 9.83. The molecule has 1 saturated heterocycles. The van der Waals surface area contributed by atoms with Crippen molar-refractivity contribution in [1.82, 2.24) is 14.3 Å². The predicted octanol–water partition coefficient (Wildman–Crippen LogP) is 4.75. The van der Waals surface area contributed by atoms with E-state index in [9.17, 15) is 8.42 Å². The summed E-state index contributed by atoms with van der Waals surface area (Å²) in [6.07, 6.45) is 10.3. The smallest absolute Gasteiger partial charge is 0.276 e. The molecule has 30 heavy (non-hydrogen) atoms. The Labute approximate surface area is 195 Å². The average molecular weight is 521 g/mol. The Kier molecular flexibility index (Phi) is 9.47. The number of hydrogen-bond acceptors (Lipinski definition) is 3. The van der Waals surface area contributed by atoms with Gasteiger partial charge in [-0.2, -0.15) is 13.1 Å². The maximum Gasteiger partial charge on any atom is 0.276 e. The quantitative estimate of drug-likeness (QED) is 0.494. The first-order chi connectivity index (χ1) is 14.3. The number of hydrogen-bond donors (Lipinski definition) is 2. The van der Waals surface area contributed by atoms with Gasteiger partial charge in [0.2, 0.25) is 0 Å². The van der Waals surface area contributed by atoms with Gasteiger partial charge in [-0.15, -0.1) is 0 Å². The fourth-order valence-corrected chi connectivity index (χ4v) is 6.27. The van der Waals surface area contributed by atoms with E-state index in [0.717, 1.165) is 49.0 Å². The van der Waals surface area contributed by atoms with Crippen molar-refractivity contribution in [2.75, 3.05) is 26.7 Å². The third kappa shape index (κ3) is 7.75. The minimum absolute atomic E-state index is 0.0947. The standard InChI is InChI=1S/C22H35BrClN3O2S/c1-25-30(28,29)26-21-7-4-17(5-8-21)3-2-12-27-13-10-18(11-14-27)15-19-16-20(24)6-9-22(19)23/h6,9,16-18,21,25-26H,2-5,7-8,10-15H2,1H3/t17-,21-. The van der Waals surface area contributed by atoms with Crippen LogP contribution in [-0.2, 0) is 16.6 Å². The Morgan fingerprint density at radius 1 is 1.10 bits per heavy atom. The number of likely N-dealkylation sites (tertiary alicyclic amines) is 1. The summed E-state index contributed by atoms with van der Waals surface area (Å²) in [6.45, 7) is 3.59. The Balaban J connectivity index is 1.30. The van der Waals surface area contributed by atoms with Crippen LogP contribution in [0.1, 0.15) is 56.9 Å². The van der Waals surface area contributed by atoms with Crippen LogP contribution in [0.3, 0.4) is 0 Å². The fraction of sp³-hybridized carbons (Fsp3) is 0.727. The summed E-state index contributed by atoms with van der Waals surface area (Å²) in [5, 5.41) is 0.819. The maximum absolute atomic E-state index is 11.6. The van der Waals surface area contributed by atoms with E-state index in [1.165, 1.54) is 62.4 Å². The zero-order chi connectivity index (χ0) is 21.6. The Hall–Kier alpha value is -0.180. The summed E-state index contributed by atoms with van der Waals surface area (Å²) in [7, 11) is -1.86. The van der Waals surface area contributed by atoms with Crippen molar-refractivity contribution >= 4 is 37.7 Å². The molecule has 1 aromatic rings. The number of benzene rings is 1.